The van der Waals surface area contributed by atoms with Crippen molar-refractivity contribution in [1.82, 2.24) is 9.88 Å². The number of benzene rings is 2. The minimum atomic E-state index is -1.01. The van der Waals surface area contributed by atoms with Crippen molar-refractivity contribution in [1.29, 1.82) is 0 Å². The Kier molecular flexibility index (Phi) is 6.68. The van der Waals surface area contributed by atoms with Gasteiger partial charge in [-0.1, -0.05) is 29.3 Å². The van der Waals surface area contributed by atoms with Crippen LogP contribution in [-0.2, 0) is 11.2 Å². The van der Waals surface area contributed by atoms with E-state index in [2.05, 4.69) is 4.98 Å². The molecule has 2 atom stereocenters. The van der Waals surface area contributed by atoms with E-state index in [1.54, 1.807) is 24.1 Å². The van der Waals surface area contributed by atoms with E-state index in [1.165, 1.54) is 19.1 Å². The zero-order valence-corrected chi connectivity index (χ0v) is 21.8. The van der Waals surface area contributed by atoms with E-state index in [-0.39, 0.29) is 16.7 Å². The molecule has 1 spiro atoms. The molecule has 2 aliphatic rings. The number of fused-ring (bicyclic) bond motifs is 1. The van der Waals surface area contributed by atoms with Gasteiger partial charge in [-0.2, -0.15) is 0 Å². The first-order valence-electron chi connectivity index (χ1n) is 11.9. The summed E-state index contributed by atoms with van der Waals surface area (Å²) in [7, 11) is 0. The Morgan fingerprint density at radius 3 is 2.70 bits per heavy atom. The molecule has 0 radical (unpaired) electrons. The van der Waals surface area contributed by atoms with Crippen molar-refractivity contribution in [2.24, 2.45) is 0 Å². The third kappa shape index (κ3) is 4.81. The maximum absolute atomic E-state index is 14.0. The molecule has 10 heteroatoms. The molecule has 3 N–H and O–H groups in total. The Morgan fingerprint density at radius 2 is 1.97 bits per heavy atom. The molecule has 194 valence electrons. The molecule has 37 heavy (non-hydrogen) atoms. The number of carbonyl (C=O) groups excluding carboxylic acids is 1. The zero-order valence-electron chi connectivity index (χ0n) is 20.3. The Labute approximate surface area is 223 Å². The summed E-state index contributed by atoms with van der Waals surface area (Å²) in [4.78, 5) is 17.9. The SMILES string of the molecule is C[C@H](O)C(=O)N1CC2(CCc3cc(-c4cnc(N)c(O[C@H](C)c5c(Cl)ccc(F)c5Cl)c4)ccc3O2)C1. The summed E-state index contributed by atoms with van der Waals surface area (Å²) >= 11 is 12.4. The maximum atomic E-state index is 14.0. The van der Waals surface area contributed by atoms with Crippen molar-refractivity contribution >= 4 is 34.9 Å². The predicted molar refractivity (Wildman–Crippen MR) is 139 cm³/mol. The Balaban J connectivity index is 1.34. The van der Waals surface area contributed by atoms with Crippen LogP contribution in [0.15, 0.2) is 42.6 Å². The monoisotopic (exact) mass is 545 g/mol. The zero-order chi connectivity index (χ0) is 26.5. The van der Waals surface area contributed by atoms with Gasteiger partial charge in [-0.25, -0.2) is 9.37 Å². The van der Waals surface area contributed by atoms with Crippen molar-refractivity contribution in [3.8, 4) is 22.6 Å². The standard InChI is InChI=1S/C27H26Cl2FN3O4/c1-14(34)26(35)33-12-27(13-33)8-7-17-9-16(3-6-21(17)37-27)18-10-22(25(31)32-11-18)36-15(2)23-19(28)4-5-20(30)24(23)29/h3-6,9-11,14-15,34H,7-8,12-13H2,1-2H3,(H2,31,32)/t14-,15+/m0/s1. The molecular weight excluding hydrogens is 520 g/mol. The van der Waals surface area contributed by atoms with Crippen LogP contribution in [-0.4, -0.2) is 45.7 Å². The van der Waals surface area contributed by atoms with Gasteiger partial charge in [0.1, 0.15) is 29.4 Å². The molecule has 0 bridgehead atoms. The Hall–Kier alpha value is -3.07. The number of aliphatic hydroxyl groups is 1. The van der Waals surface area contributed by atoms with E-state index < -0.39 is 23.6 Å². The van der Waals surface area contributed by atoms with Crippen molar-refractivity contribution in [3.63, 3.8) is 0 Å². The number of likely N-dealkylation sites (tertiary alicyclic amines) is 1. The topological polar surface area (TPSA) is 97.9 Å². The van der Waals surface area contributed by atoms with Gasteiger partial charge in [-0.05, 0) is 68.1 Å². The minimum Gasteiger partial charge on any atom is -0.483 e. The molecular formula is C27H26Cl2FN3O4. The van der Waals surface area contributed by atoms with Crippen LogP contribution in [0.5, 0.6) is 11.5 Å². The number of hydrogen-bond acceptors (Lipinski definition) is 6. The summed E-state index contributed by atoms with van der Waals surface area (Å²) in [5, 5.41) is 9.73. The van der Waals surface area contributed by atoms with Crippen molar-refractivity contribution in [2.45, 2.75) is 44.5 Å². The van der Waals surface area contributed by atoms with E-state index in [0.717, 1.165) is 35.3 Å². The molecule has 2 aliphatic heterocycles. The summed E-state index contributed by atoms with van der Waals surface area (Å²) in [6, 6.07) is 10.3. The third-order valence-electron chi connectivity index (χ3n) is 6.87. The fourth-order valence-corrected chi connectivity index (χ4v) is 5.54. The highest BCUT2D eigenvalue weighted by Gasteiger charge is 2.49. The van der Waals surface area contributed by atoms with E-state index in [1.807, 2.05) is 18.2 Å². The molecule has 7 nitrogen and oxygen atoms in total. The molecule has 0 aliphatic carbocycles. The molecule has 1 fully saturated rings. The highest BCUT2D eigenvalue weighted by Crippen LogP contribution is 2.41. The van der Waals surface area contributed by atoms with Gasteiger partial charge < -0.3 is 25.2 Å². The second-order valence-corrected chi connectivity index (χ2v) is 10.4. The molecule has 1 aromatic heterocycles. The summed E-state index contributed by atoms with van der Waals surface area (Å²) in [6.45, 7) is 4.12. The van der Waals surface area contributed by atoms with Gasteiger partial charge in [0.15, 0.2) is 11.6 Å². The lowest BCUT2D eigenvalue weighted by Gasteiger charge is -2.52. The van der Waals surface area contributed by atoms with Gasteiger partial charge in [0.05, 0.1) is 18.1 Å². The average molecular weight is 546 g/mol. The van der Waals surface area contributed by atoms with Crippen LogP contribution < -0.4 is 15.2 Å². The summed E-state index contributed by atoms with van der Waals surface area (Å²) in [5.74, 6) is 0.428. The molecule has 1 saturated heterocycles. The number of pyridine rings is 1. The van der Waals surface area contributed by atoms with Gasteiger partial charge in [0.25, 0.3) is 5.91 Å². The number of aliphatic hydroxyl groups excluding tert-OH is 1. The highest BCUT2D eigenvalue weighted by molar-refractivity contribution is 6.36. The number of aryl methyl sites for hydroxylation is 1. The number of carbonyl (C=O) groups is 1. The van der Waals surface area contributed by atoms with Gasteiger partial charge in [-0.3, -0.25) is 4.79 Å². The lowest BCUT2D eigenvalue weighted by atomic mass is 9.83. The number of rotatable bonds is 5. The third-order valence-corrected chi connectivity index (χ3v) is 7.58. The van der Waals surface area contributed by atoms with Crippen LogP contribution in [0.4, 0.5) is 10.2 Å². The van der Waals surface area contributed by atoms with Gasteiger partial charge in [-0.15, -0.1) is 0 Å². The quantitative estimate of drug-likeness (QED) is 0.427. The number of anilines is 1. The van der Waals surface area contributed by atoms with Crippen molar-refractivity contribution in [3.05, 3.63) is 69.6 Å². The van der Waals surface area contributed by atoms with Crippen LogP contribution in [0.25, 0.3) is 11.1 Å². The van der Waals surface area contributed by atoms with Crippen molar-refractivity contribution < 1.29 is 23.8 Å². The molecule has 2 aromatic carbocycles. The van der Waals surface area contributed by atoms with Crippen LogP contribution in [0.3, 0.4) is 0 Å². The number of halogens is 3. The smallest absolute Gasteiger partial charge is 0.251 e. The van der Waals surface area contributed by atoms with Crippen LogP contribution in [0, 0.1) is 5.82 Å². The van der Waals surface area contributed by atoms with Gasteiger partial charge in [0, 0.05) is 22.3 Å². The van der Waals surface area contributed by atoms with E-state index in [9.17, 15) is 14.3 Å². The van der Waals surface area contributed by atoms with Crippen LogP contribution >= 0.6 is 23.2 Å². The lowest BCUT2D eigenvalue weighted by Crippen LogP contribution is -2.68. The average Bonchev–Trinajstić information content (AvgIpc) is 2.85. The molecule has 3 aromatic rings. The van der Waals surface area contributed by atoms with Crippen molar-refractivity contribution in [2.75, 3.05) is 18.8 Å². The normalized spacial score (nSPS) is 17.4. The number of nitrogens with zero attached hydrogens (tertiary/aromatic N) is 2. The number of ether oxygens (including phenoxy) is 2. The molecule has 1 amide bonds. The predicted octanol–water partition coefficient (Wildman–Crippen LogP) is 5.20. The first-order chi connectivity index (χ1) is 17.6. The summed E-state index contributed by atoms with van der Waals surface area (Å²) in [6.07, 6.45) is 1.54. The van der Waals surface area contributed by atoms with Crippen LogP contribution in [0.1, 0.15) is 37.5 Å². The molecule has 0 saturated carbocycles. The number of nitrogen functional groups attached to an aromatic ring is 1. The molecule has 0 unspecified atom stereocenters. The van der Waals surface area contributed by atoms with E-state index in [0.29, 0.717) is 29.4 Å². The minimum absolute atomic E-state index is 0.0973. The van der Waals surface area contributed by atoms with Crippen LogP contribution in [0.2, 0.25) is 10.0 Å². The van der Waals surface area contributed by atoms with E-state index in [4.69, 9.17) is 38.4 Å². The number of nitrogens with two attached hydrogens (primary N) is 1. The molecule has 5 rings (SSSR count). The number of aromatic nitrogens is 1. The number of hydrogen-bond donors (Lipinski definition) is 2. The first-order valence-corrected chi connectivity index (χ1v) is 12.7. The summed E-state index contributed by atoms with van der Waals surface area (Å²) < 4.78 is 26.3. The number of amides is 1. The largest absolute Gasteiger partial charge is 0.483 e. The Morgan fingerprint density at radius 1 is 1.22 bits per heavy atom. The van der Waals surface area contributed by atoms with Gasteiger partial charge in [0.2, 0.25) is 0 Å². The maximum Gasteiger partial charge on any atom is 0.251 e. The van der Waals surface area contributed by atoms with E-state index >= 15 is 0 Å². The summed E-state index contributed by atoms with van der Waals surface area (Å²) in [5.41, 5.74) is 8.74. The fourth-order valence-electron chi connectivity index (χ4n) is 4.86. The highest BCUT2D eigenvalue weighted by atomic mass is 35.5. The lowest BCUT2D eigenvalue weighted by molar-refractivity contribution is -0.160. The second kappa shape index (κ2) is 9.67. The first kappa shape index (κ1) is 25.6. The Bertz CT molecular complexity index is 1380. The second-order valence-electron chi connectivity index (χ2n) is 9.60. The molecule has 3 heterocycles. The fraction of sp³-hybridized carbons (Fsp3) is 0.333. The van der Waals surface area contributed by atoms with Gasteiger partial charge >= 0.3 is 0 Å².